The average molecular weight is 513 g/mol. The third-order valence-electron chi connectivity index (χ3n) is 4.75. The number of hydrogen-bond acceptors (Lipinski definition) is 6. The number of nitrogens with one attached hydrogen (secondary N) is 2. The fraction of sp³-hybridized carbons (Fsp3) is 0.348. The molecule has 0 radical (unpaired) electrons. The molecule has 2 amide bonds. The maximum atomic E-state index is 14.5. The highest BCUT2D eigenvalue weighted by molar-refractivity contribution is 6.21. The van der Waals surface area contributed by atoms with Gasteiger partial charge in [-0.2, -0.15) is 0 Å². The van der Waals surface area contributed by atoms with Gasteiger partial charge in [0.2, 0.25) is 0 Å². The van der Waals surface area contributed by atoms with Gasteiger partial charge in [-0.3, -0.25) is 15.0 Å². The molecule has 0 aromatic heterocycles. The van der Waals surface area contributed by atoms with E-state index in [1.54, 1.807) is 13.8 Å². The van der Waals surface area contributed by atoms with Gasteiger partial charge in [-0.25, -0.2) is 13.2 Å². The number of ether oxygens (including phenoxy) is 3. The first-order valence-corrected chi connectivity index (χ1v) is 10.7. The van der Waals surface area contributed by atoms with Crippen LogP contribution in [0.3, 0.4) is 0 Å². The van der Waals surface area contributed by atoms with Crippen LogP contribution in [0.4, 0.5) is 8.78 Å². The van der Waals surface area contributed by atoms with Gasteiger partial charge < -0.3 is 25.3 Å². The first-order chi connectivity index (χ1) is 16.5. The molecule has 190 valence electrons. The summed E-state index contributed by atoms with van der Waals surface area (Å²) in [5, 5.41) is 10.3. The Labute approximate surface area is 206 Å². The number of carbonyl (C=O) groups is 2. The topological polar surface area (TPSA) is 127 Å². The molecule has 12 heteroatoms. The zero-order valence-electron chi connectivity index (χ0n) is 19.7. The van der Waals surface area contributed by atoms with Crippen LogP contribution in [0, 0.1) is 17.0 Å². The molecular weight excluding hydrogens is 486 g/mol. The molecule has 0 aliphatic carbocycles. The molecule has 35 heavy (non-hydrogen) atoms. The van der Waals surface area contributed by atoms with Crippen molar-refractivity contribution in [3.63, 3.8) is 0 Å². The van der Waals surface area contributed by atoms with Crippen LogP contribution < -0.4 is 20.5 Å². The van der Waals surface area contributed by atoms with Crippen molar-refractivity contribution in [2.75, 3.05) is 20.8 Å². The van der Waals surface area contributed by atoms with Crippen molar-refractivity contribution in [2.24, 2.45) is 5.73 Å². The molecule has 2 rings (SSSR count). The van der Waals surface area contributed by atoms with Crippen LogP contribution in [-0.2, 0) is 20.9 Å². The van der Waals surface area contributed by atoms with E-state index >= 15 is 0 Å². The number of rotatable bonds is 11. The number of nitrogen functional groups attached to an aromatic ring is 1. The number of benzene rings is 2. The molecule has 2 aromatic carbocycles. The number of nitrogens with two attached hydrogens (primary N) is 1. The van der Waals surface area contributed by atoms with Gasteiger partial charge >= 0.3 is 0 Å². The van der Waals surface area contributed by atoms with Gasteiger partial charge in [0.15, 0.2) is 12.7 Å². The summed E-state index contributed by atoms with van der Waals surface area (Å²) in [6, 6.07) is 6.17. The van der Waals surface area contributed by atoms with Gasteiger partial charge in [-0.05, 0) is 19.9 Å². The van der Waals surface area contributed by atoms with E-state index < -0.39 is 29.2 Å². The molecule has 0 saturated carbocycles. The normalized spacial score (nSPS) is 11.7. The SMILES string of the molecule is COc1cc(F)c(C(OC)C(=O)N(Cl)Cc2ccc(C(=N)N)cc2OCC(=O)NC(C)C)c(F)c1. The van der Waals surface area contributed by atoms with E-state index in [1.165, 1.54) is 25.3 Å². The lowest BCUT2D eigenvalue weighted by molar-refractivity contribution is -0.138. The van der Waals surface area contributed by atoms with Crippen molar-refractivity contribution in [2.45, 2.75) is 32.5 Å². The molecule has 1 unspecified atom stereocenters. The van der Waals surface area contributed by atoms with Crippen LogP contribution in [0.5, 0.6) is 11.5 Å². The summed E-state index contributed by atoms with van der Waals surface area (Å²) in [5.74, 6) is -3.58. The third-order valence-corrected chi connectivity index (χ3v) is 5.03. The zero-order chi connectivity index (χ0) is 26.3. The van der Waals surface area contributed by atoms with E-state index in [1.807, 2.05) is 0 Å². The summed E-state index contributed by atoms with van der Waals surface area (Å²) < 4.78 is 45.2. The molecule has 0 aliphatic heterocycles. The number of carbonyl (C=O) groups excluding carboxylic acids is 2. The number of halogens is 3. The lowest BCUT2D eigenvalue weighted by Gasteiger charge is -2.23. The smallest absolute Gasteiger partial charge is 0.271 e. The van der Waals surface area contributed by atoms with Gasteiger partial charge in [0.1, 0.15) is 29.0 Å². The van der Waals surface area contributed by atoms with E-state index in [2.05, 4.69) is 5.32 Å². The van der Waals surface area contributed by atoms with Gasteiger partial charge in [0.25, 0.3) is 11.8 Å². The van der Waals surface area contributed by atoms with Crippen molar-refractivity contribution < 1.29 is 32.6 Å². The first kappa shape index (κ1) is 27.8. The van der Waals surface area contributed by atoms with Gasteiger partial charge in [0, 0.05) is 48.2 Å². The highest BCUT2D eigenvalue weighted by Gasteiger charge is 2.31. The van der Waals surface area contributed by atoms with Crippen LogP contribution in [0.15, 0.2) is 30.3 Å². The summed E-state index contributed by atoms with van der Waals surface area (Å²) in [6.07, 6.45) is -1.68. The Kier molecular flexibility index (Phi) is 9.78. The van der Waals surface area contributed by atoms with Crippen molar-refractivity contribution >= 4 is 29.4 Å². The molecule has 4 N–H and O–H groups in total. The minimum Gasteiger partial charge on any atom is -0.497 e. The molecular formula is C23H27ClF2N4O5. The van der Waals surface area contributed by atoms with Gasteiger partial charge in [-0.15, -0.1) is 0 Å². The second kappa shape index (κ2) is 12.3. The number of nitrogens with zero attached hydrogens (tertiary/aromatic N) is 1. The van der Waals surface area contributed by atoms with E-state index in [0.29, 0.717) is 15.5 Å². The summed E-state index contributed by atoms with van der Waals surface area (Å²) in [5.41, 5.74) is 5.58. The highest BCUT2D eigenvalue weighted by atomic mass is 35.5. The molecule has 2 aromatic rings. The standard InChI is InChI=1S/C23H27ClF2N4O5/c1-12(2)29-19(31)11-35-18-7-13(22(27)28)5-6-14(18)10-30(24)23(32)21(34-4)20-16(25)8-15(33-3)9-17(20)26/h5-9,12,21H,10-11H2,1-4H3,(H3,27,28)(H,29,31). The fourth-order valence-electron chi connectivity index (χ4n) is 3.12. The Hall–Kier alpha value is -3.44. The summed E-state index contributed by atoms with van der Waals surface area (Å²) in [6.45, 7) is 2.96. The third kappa shape index (κ3) is 7.27. The molecule has 0 saturated heterocycles. The van der Waals surface area contributed by atoms with Crippen LogP contribution in [-0.4, -0.2) is 48.9 Å². The zero-order valence-corrected chi connectivity index (χ0v) is 20.4. The van der Waals surface area contributed by atoms with E-state index in [0.717, 1.165) is 19.2 Å². The minimum atomic E-state index is -1.68. The van der Waals surface area contributed by atoms with Gasteiger partial charge in [0.05, 0.1) is 19.2 Å². The van der Waals surface area contributed by atoms with Crippen molar-refractivity contribution in [1.29, 1.82) is 5.41 Å². The summed E-state index contributed by atoms with van der Waals surface area (Å²) >= 11 is 6.19. The number of amides is 2. The van der Waals surface area contributed by atoms with E-state index in [-0.39, 0.29) is 42.4 Å². The molecule has 1 atom stereocenters. The number of amidine groups is 1. The Morgan fingerprint density at radius 1 is 1.17 bits per heavy atom. The van der Waals surface area contributed by atoms with Crippen molar-refractivity contribution in [3.05, 3.63) is 58.7 Å². The quantitative estimate of drug-likeness (QED) is 0.241. The molecule has 0 fully saturated rings. The molecule has 0 bridgehead atoms. The molecule has 0 aliphatic rings. The first-order valence-electron chi connectivity index (χ1n) is 10.4. The second-order valence-electron chi connectivity index (χ2n) is 7.73. The van der Waals surface area contributed by atoms with Crippen LogP contribution in [0.2, 0.25) is 0 Å². The number of hydrogen-bond donors (Lipinski definition) is 3. The maximum absolute atomic E-state index is 14.5. The monoisotopic (exact) mass is 512 g/mol. The minimum absolute atomic E-state index is 0.0670. The summed E-state index contributed by atoms with van der Waals surface area (Å²) in [4.78, 5) is 24.9. The predicted molar refractivity (Wildman–Crippen MR) is 125 cm³/mol. The summed E-state index contributed by atoms with van der Waals surface area (Å²) in [7, 11) is 2.36. The van der Waals surface area contributed by atoms with Crippen molar-refractivity contribution in [1.82, 2.24) is 9.74 Å². The Bertz CT molecular complexity index is 1080. The number of methoxy groups -OCH3 is 2. The van der Waals surface area contributed by atoms with Crippen molar-refractivity contribution in [3.8, 4) is 11.5 Å². The largest absolute Gasteiger partial charge is 0.497 e. The highest BCUT2D eigenvalue weighted by Crippen LogP contribution is 2.31. The lowest BCUT2D eigenvalue weighted by Crippen LogP contribution is -2.34. The van der Waals surface area contributed by atoms with Crippen LogP contribution >= 0.6 is 11.8 Å². The van der Waals surface area contributed by atoms with Gasteiger partial charge in [-0.1, -0.05) is 12.1 Å². The van der Waals surface area contributed by atoms with E-state index in [9.17, 15) is 18.4 Å². The van der Waals surface area contributed by atoms with Crippen LogP contribution in [0.25, 0.3) is 0 Å². The molecule has 0 heterocycles. The van der Waals surface area contributed by atoms with Crippen LogP contribution in [0.1, 0.15) is 36.6 Å². The Morgan fingerprint density at radius 3 is 2.31 bits per heavy atom. The lowest BCUT2D eigenvalue weighted by atomic mass is 10.1. The molecule has 0 spiro atoms. The Balaban J connectivity index is 2.30. The Morgan fingerprint density at radius 2 is 1.80 bits per heavy atom. The molecule has 9 nitrogen and oxygen atoms in total. The maximum Gasteiger partial charge on any atom is 0.271 e. The average Bonchev–Trinajstić information content (AvgIpc) is 2.79. The fourth-order valence-corrected chi connectivity index (χ4v) is 3.34. The predicted octanol–water partition coefficient (Wildman–Crippen LogP) is 3.03. The second-order valence-corrected chi connectivity index (χ2v) is 8.13. The van der Waals surface area contributed by atoms with E-state index in [4.69, 9.17) is 37.1 Å².